The minimum absolute atomic E-state index is 0. The van der Waals surface area contributed by atoms with E-state index in [0.29, 0.717) is 5.52 Å². The Balaban J connectivity index is 0.000000422. The summed E-state index contributed by atoms with van der Waals surface area (Å²) in [5.41, 5.74) is 9.02. The molecule has 0 aliphatic carbocycles. The number of nitrogens with two attached hydrogens (primary N) is 1. The summed E-state index contributed by atoms with van der Waals surface area (Å²) in [4.78, 5) is 29.9. The van der Waals surface area contributed by atoms with Crippen molar-refractivity contribution in [1.82, 2.24) is 19.9 Å². The number of carboxylic acids is 1. The molecule has 0 radical (unpaired) electrons. The molecule has 26 heavy (non-hydrogen) atoms. The molecule has 2 heterocycles. The molecule has 1 amide bonds. The topological polar surface area (TPSA) is 123 Å². The van der Waals surface area contributed by atoms with Gasteiger partial charge in [0, 0.05) is 12.4 Å². The third-order valence-electron chi connectivity index (χ3n) is 3.74. The Morgan fingerprint density at radius 2 is 1.92 bits per heavy atom. The molecule has 2 aromatic heterocycles. The number of imidazole rings is 1. The molecule has 0 unspecified atom stereocenters. The fourth-order valence-corrected chi connectivity index (χ4v) is 2.52. The van der Waals surface area contributed by atoms with Gasteiger partial charge in [-0.15, -0.1) is 17.0 Å². The molecule has 0 spiro atoms. The number of hydrogen-bond acceptors (Lipinski definition) is 5. The van der Waals surface area contributed by atoms with Crippen LogP contribution in [0.4, 0.5) is 0 Å². The number of aryl methyl sites for hydroxylation is 3. The summed E-state index contributed by atoms with van der Waals surface area (Å²) >= 11 is 0. The number of rotatable bonds is 3. The van der Waals surface area contributed by atoms with Crippen LogP contribution in [0.3, 0.4) is 0 Å². The zero-order chi connectivity index (χ0) is 18.7. The van der Waals surface area contributed by atoms with Gasteiger partial charge in [-0.2, -0.15) is 0 Å². The maximum absolute atomic E-state index is 11.6. The van der Waals surface area contributed by atoms with Crippen LogP contribution in [-0.2, 0) is 11.8 Å². The van der Waals surface area contributed by atoms with Crippen molar-refractivity contribution < 1.29 is 14.7 Å². The number of pyridine rings is 1. The van der Waals surface area contributed by atoms with Crippen LogP contribution in [0.15, 0.2) is 18.2 Å². The van der Waals surface area contributed by atoms with Crippen LogP contribution in [0, 0.1) is 13.8 Å². The van der Waals surface area contributed by atoms with Crippen molar-refractivity contribution in [2.45, 2.75) is 13.8 Å². The van der Waals surface area contributed by atoms with Gasteiger partial charge in [0.1, 0.15) is 11.3 Å². The van der Waals surface area contributed by atoms with Gasteiger partial charge in [-0.05, 0) is 33.0 Å². The molecule has 3 rings (SSSR count). The second-order valence-corrected chi connectivity index (χ2v) is 5.68. The van der Waals surface area contributed by atoms with Crippen LogP contribution in [0.25, 0.3) is 21.9 Å². The SMILES string of the molecule is Br.CNCC(=O)O.Cc1ccc2nc(C(N)=O)c3nc(C)n(C)c3c2c1. The van der Waals surface area contributed by atoms with Crippen LogP contribution in [0.2, 0.25) is 0 Å². The maximum atomic E-state index is 11.6. The molecule has 0 aliphatic heterocycles. The summed E-state index contributed by atoms with van der Waals surface area (Å²) < 4.78 is 1.96. The van der Waals surface area contributed by atoms with Gasteiger partial charge in [0.25, 0.3) is 5.91 Å². The molecule has 0 saturated carbocycles. The molecule has 0 bridgehead atoms. The zero-order valence-corrected chi connectivity index (χ0v) is 16.7. The average molecular weight is 424 g/mol. The fourth-order valence-electron chi connectivity index (χ4n) is 2.52. The lowest BCUT2D eigenvalue weighted by molar-refractivity contribution is -0.135. The second kappa shape index (κ2) is 8.72. The number of carboxylic acid groups (broad SMARTS) is 1. The molecule has 140 valence electrons. The molecule has 3 aromatic rings. The monoisotopic (exact) mass is 423 g/mol. The van der Waals surface area contributed by atoms with Gasteiger partial charge in [0.15, 0.2) is 5.69 Å². The van der Waals surface area contributed by atoms with E-state index in [1.165, 1.54) is 0 Å². The molecule has 0 atom stereocenters. The van der Waals surface area contributed by atoms with E-state index >= 15 is 0 Å². The molecule has 0 aliphatic rings. The third kappa shape index (κ3) is 4.36. The van der Waals surface area contributed by atoms with Gasteiger partial charge in [-0.1, -0.05) is 11.6 Å². The zero-order valence-electron chi connectivity index (χ0n) is 15.0. The first-order valence-electron chi connectivity index (χ1n) is 7.65. The number of halogens is 1. The number of nitrogens with zero attached hydrogens (tertiary/aromatic N) is 3. The van der Waals surface area contributed by atoms with Crippen molar-refractivity contribution in [2.24, 2.45) is 12.8 Å². The number of primary amides is 1. The van der Waals surface area contributed by atoms with E-state index in [0.717, 1.165) is 27.8 Å². The Bertz CT molecular complexity index is 968. The molecule has 9 heteroatoms. The largest absolute Gasteiger partial charge is 0.480 e. The van der Waals surface area contributed by atoms with Crippen molar-refractivity contribution in [2.75, 3.05) is 13.6 Å². The summed E-state index contributed by atoms with van der Waals surface area (Å²) in [6.45, 7) is 3.96. The van der Waals surface area contributed by atoms with Crippen LogP contribution in [0.5, 0.6) is 0 Å². The predicted octanol–water partition coefficient (Wildman–Crippen LogP) is 1.71. The van der Waals surface area contributed by atoms with Crippen molar-refractivity contribution in [3.05, 3.63) is 35.3 Å². The van der Waals surface area contributed by atoms with Crippen molar-refractivity contribution in [1.29, 1.82) is 0 Å². The Morgan fingerprint density at radius 1 is 1.27 bits per heavy atom. The fraction of sp³-hybridized carbons (Fsp3) is 0.294. The molecular weight excluding hydrogens is 402 g/mol. The number of fused-ring (bicyclic) bond motifs is 3. The minimum atomic E-state index is -0.822. The number of carbonyl (C=O) groups is 2. The van der Waals surface area contributed by atoms with Crippen LogP contribution in [-0.4, -0.2) is 45.1 Å². The number of aliphatic carboxylic acids is 1. The molecule has 1 aromatic carbocycles. The van der Waals surface area contributed by atoms with E-state index in [4.69, 9.17) is 10.8 Å². The van der Waals surface area contributed by atoms with Crippen molar-refractivity contribution in [3.8, 4) is 0 Å². The number of carbonyl (C=O) groups excluding carboxylic acids is 1. The highest BCUT2D eigenvalue weighted by Gasteiger charge is 2.17. The van der Waals surface area contributed by atoms with E-state index in [2.05, 4.69) is 21.4 Å². The van der Waals surface area contributed by atoms with E-state index in [1.807, 2.05) is 37.6 Å². The first kappa shape index (κ1) is 21.5. The van der Waals surface area contributed by atoms with Gasteiger partial charge >= 0.3 is 5.97 Å². The van der Waals surface area contributed by atoms with Gasteiger partial charge in [0.05, 0.1) is 17.6 Å². The van der Waals surface area contributed by atoms with E-state index < -0.39 is 11.9 Å². The summed E-state index contributed by atoms with van der Waals surface area (Å²) in [7, 11) is 3.52. The molecule has 4 N–H and O–H groups in total. The van der Waals surface area contributed by atoms with E-state index in [1.54, 1.807) is 7.05 Å². The minimum Gasteiger partial charge on any atom is -0.480 e. The summed E-state index contributed by atoms with van der Waals surface area (Å²) in [5.74, 6) is -0.545. The number of amides is 1. The summed E-state index contributed by atoms with van der Waals surface area (Å²) in [6.07, 6.45) is 0. The lowest BCUT2D eigenvalue weighted by Crippen LogP contribution is -2.16. The van der Waals surface area contributed by atoms with Crippen molar-refractivity contribution in [3.63, 3.8) is 0 Å². The Labute approximate surface area is 161 Å². The highest BCUT2D eigenvalue weighted by Crippen LogP contribution is 2.27. The Hall–Kier alpha value is -2.52. The second-order valence-electron chi connectivity index (χ2n) is 5.68. The normalized spacial score (nSPS) is 10.2. The van der Waals surface area contributed by atoms with Crippen LogP contribution >= 0.6 is 17.0 Å². The van der Waals surface area contributed by atoms with E-state index in [9.17, 15) is 9.59 Å². The summed E-state index contributed by atoms with van der Waals surface area (Å²) in [6, 6.07) is 5.92. The van der Waals surface area contributed by atoms with Crippen LogP contribution in [0.1, 0.15) is 21.9 Å². The molecule has 0 saturated heterocycles. The van der Waals surface area contributed by atoms with Crippen molar-refractivity contribution >= 4 is 50.8 Å². The quantitative estimate of drug-likeness (QED) is 0.588. The number of benzene rings is 1. The molecule has 8 nitrogen and oxygen atoms in total. The number of hydrogen-bond donors (Lipinski definition) is 3. The van der Waals surface area contributed by atoms with Gasteiger partial charge in [0.2, 0.25) is 0 Å². The Kier molecular flexibility index (Phi) is 7.22. The maximum Gasteiger partial charge on any atom is 0.317 e. The predicted molar refractivity (Wildman–Crippen MR) is 106 cm³/mol. The summed E-state index contributed by atoms with van der Waals surface area (Å²) in [5, 5.41) is 11.3. The van der Waals surface area contributed by atoms with Crippen LogP contribution < -0.4 is 11.1 Å². The number of nitrogens with one attached hydrogen (secondary N) is 1. The lowest BCUT2D eigenvalue weighted by atomic mass is 10.1. The number of likely N-dealkylation sites (N-methyl/N-ethyl adjacent to an activating group) is 1. The standard InChI is InChI=1S/C14H14N4O.C3H7NO2.BrH/c1-7-4-5-10-9(6-7)13-11(12(17-10)14(15)19)16-8(2)18(13)3;1-4-2-3(5)6;/h4-6H,1-3H3,(H2,15,19);4H,2H2,1H3,(H,5,6);1H. The highest BCUT2D eigenvalue weighted by molar-refractivity contribution is 8.93. The smallest absolute Gasteiger partial charge is 0.317 e. The van der Waals surface area contributed by atoms with Gasteiger partial charge < -0.3 is 20.7 Å². The Morgan fingerprint density at radius 3 is 2.42 bits per heavy atom. The third-order valence-corrected chi connectivity index (χ3v) is 3.74. The first-order chi connectivity index (χ1) is 11.8. The lowest BCUT2D eigenvalue weighted by Gasteiger charge is -2.05. The molecule has 0 fully saturated rings. The number of aromatic nitrogens is 3. The van der Waals surface area contributed by atoms with Gasteiger partial charge in [-0.25, -0.2) is 9.97 Å². The highest BCUT2D eigenvalue weighted by atomic mass is 79.9. The molecular formula is C17H22BrN5O3. The van der Waals surface area contributed by atoms with E-state index in [-0.39, 0.29) is 29.2 Å². The average Bonchev–Trinajstić information content (AvgIpc) is 2.82. The van der Waals surface area contributed by atoms with Gasteiger partial charge in [-0.3, -0.25) is 9.59 Å². The first-order valence-corrected chi connectivity index (χ1v) is 7.65.